The molecule has 3 aromatic rings. The molecule has 7 heteroatoms. The molecule has 7 nitrogen and oxygen atoms in total. The SMILES string of the molecule is CCOC(=O)/C(C=Nc1c(C)n(C)n(-c2ccccc2)c1=O)=C(/O)c1ccccc1. The zero-order valence-electron chi connectivity index (χ0n) is 17.1. The number of aliphatic hydroxyl groups is 1. The second kappa shape index (κ2) is 9.09. The van der Waals surface area contributed by atoms with E-state index in [1.807, 2.05) is 30.3 Å². The van der Waals surface area contributed by atoms with Crippen LogP contribution < -0.4 is 5.56 Å². The third-order valence-electron chi connectivity index (χ3n) is 4.64. The van der Waals surface area contributed by atoms with Gasteiger partial charge in [0.2, 0.25) is 0 Å². The number of hydrogen-bond donors (Lipinski definition) is 1. The number of carbonyl (C=O) groups excluding carboxylic acids is 1. The largest absolute Gasteiger partial charge is 0.506 e. The highest BCUT2D eigenvalue weighted by Crippen LogP contribution is 2.19. The van der Waals surface area contributed by atoms with Crippen molar-refractivity contribution in [2.45, 2.75) is 13.8 Å². The molecule has 0 amide bonds. The number of benzene rings is 2. The fraction of sp³-hybridized carbons (Fsp3) is 0.174. The Morgan fingerprint density at radius 1 is 1.10 bits per heavy atom. The first kappa shape index (κ1) is 20.9. The smallest absolute Gasteiger partial charge is 0.343 e. The number of nitrogens with zero attached hydrogens (tertiary/aromatic N) is 3. The van der Waals surface area contributed by atoms with Gasteiger partial charge in [-0.15, -0.1) is 0 Å². The van der Waals surface area contributed by atoms with Crippen LogP contribution in [0.2, 0.25) is 0 Å². The molecule has 0 aliphatic heterocycles. The van der Waals surface area contributed by atoms with Crippen LogP contribution in [0, 0.1) is 6.92 Å². The Morgan fingerprint density at radius 2 is 1.70 bits per heavy atom. The molecule has 0 aliphatic rings. The summed E-state index contributed by atoms with van der Waals surface area (Å²) < 4.78 is 8.24. The molecule has 1 heterocycles. The van der Waals surface area contributed by atoms with E-state index in [0.717, 1.165) is 0 Å². The summed E-state index contributed by atoms with van der Waals surface area (Å²) in [6.45, 7) is 3.58. The molecule has 0 aliphatic carbocycles. The highest BCUT2D eigenvalue weighted by Gasteiger charge is 2.19. The molecule has 154 valence electrons. The lowest BCUT2D eigenvalue weighted by Crippen LogP contribution is -2.19. The minimum absolute atomic E-state index is 0.128. The maximum atomic E-state index is 13.0. The first-order valence-corrected chi connectivity index (χ1v) is 9.49. The van der Waals surface area contributed by atoms with E-state index in [0.29, 0.717) is 16.9 Å². The summed E-state index contributed by atoms with van der Waals surface area (Å²) in [6.07, 6.45) is 1.18. The molecule has 0 bridgehead atoms. The molecule has 0 unspecified atom stereocenters. The molecule has 0 spiro atoms. The van der Waals surface area contributed by atoms with Gasteiger partial charge in [-0.1, -0.05) is 48.5 Å². The second-order valence-electron chi connectivity index (χ2n) is 6.52. The van der Waals surface area contributed by atoms with Gasteiger partial charge in [-0.2, -0.15) is 0 Å². The van der Waals surface area contributed by atoms with Crippen molar-refractivity contribution in [3.8, 4) is 5.69 Å². The number of esters is 1. The van der Waals surface area contributed by atoms with Gasteiger partial charge in [0, 0.05) is 18.8 Å². The van der Waals surface area contributed by atoms with Crippen LogP contribution in [0.5, 0.6) is 0 Å². The van der Waals surface area contributed by atoms with Crippen LogP contribution in [-0.2, 0) is 16.6 Å². The summed E-state index contributed by atoms with van der Waals surface area (Å²) in [5.41, 5.74) is 1.46. The molecule has 0 atom stereocenters. The van der Waals surface area contributed by atoms with Crippen molar-refractivity contribution >= 4 is 23.6 Å². The molecular formula is C23H23N3O4. The Morgan fingerprint density at radius 3 is 2.30 bits per heavy atom. The van der Waals surface area contributed by atoms with Gasteiger partial charge in [-0.25, -0.2) is 14.5 Å². The number of aromatic nitrogens is 2. The molecule has 2 aromatic carbocycles. The standard InChI is InChI=1S/C23H23N3O4/c1-4-30-23(29)19(21(27)17-11-7-5-8-12-17)15-24-20-16(2)25(3)26(22(20)28)18-13-9-6-10-14-18/h5-15,27H,4H2,1-3H3/b21-19+,24-15?. The maximum absolute atomic E-state index is 13.0. The Hall–Kier alpha value is -3.87. The van der Waals surface area contributed by atoms with Crippen molar-refractivity contribution in [3.05, 3.63) is 87.8 Å². The average molecular weight is 405 g/mol. The lowest BCUT2D eigenvalue weighted by molar-refractivity contribution is -0.137. The van der Waals surface area contributed by atoms with E-state index in [4.69, 9.17) is 4.74 Å². The third-order valence-corrected chi connectivity index (χ3v) is 4.64. The lowest BCUT2D eigenvalue weighted by Gasteiger charge is -2.07. The van der Waals surface area contributed by atoms with Crippen LogP contribution in [-0.4, -0.2) is 33.3 Å². The number of rotatable bonds is 6. The molecule has 0 fully saturated rings. The number of ether oxygens (including phenoxy) is 1. The number of para-hydroxylation sites is 1. The highest BCUT2D eigenvalue weighted by atomic mass is 16.5. The summed E-state index contributed by atoms with van der Waals surface area (Å²) in [6, 6.07) is 17.8. The topological polar surface area (TPSA) is 85.8 Å². The van der Waals surface area contributed by atoms with Crippen LogP contribution in [0.4, 0.5) is 5.69 Å². The van der Waals surface area contributed by atoms with Crippen LogP contribution in [0.25, 0.3) is 11.4 Å². The van der Waals surface area contributed by atoms with E-state index in [1.165, 1.54) is 10.9 Å². The van der Waals surface area contributed by atoms with Gasteiger partial charge in [0.25, 0.3) is 5.56 Å². The molecular weight excluding hydrogens is 382 g/mol. The van der Waals surface area contributed by atoms with Gasteiger partial charge in [-0.3, -0.25) is 9.48 Å². The molecule has 1 aromatic heterocycles. The van der Waals surface area contributed by atoms with Crippen molar-refractivity contribution < 1.29 is 14.6 Å². The van der Waals surface area contributed by atoms with Crippen LogP contribution in [0.3, 0.4) is 0 Å². The zero-order chi connectivity index (χ0) is 21.7. The van der Waals surface area contributed by atoms with Gasteiger partial charge in [-0.05, 0) is 26.0 Å². The molecule has 0 saturated heterocycles. The van der Waals surface area contributed by atoms with E-state index in [1.54, 1.807) is 55.9 Å². The maximum Gasteiger partial charge on any atom is 0.343 e. The molecule has 0 radical (unpaired) electrons. The van der Waals surface area contributed by atoms with Crippen molar-refractivity contribution in [2.24, 2.45) is 12.0 Å². The van der Waals surface area contributed by atoms with E-state index < -0.39 is 5.97 Å². The van der Waals surface area contributed by atoms with Crippen LogP contribution in [0.1, 0.15) is 18.2 Å². The van der Waals surface area contributed by atoms with E-state index in [-0.39, 0.29) is 29.2 Å². The van der Waals surface area contributed by atoms with E-state index >= 15 is 0 Å². The lowest BCUT2D eigenvalue weighted by atomic mass is 10.1. The van der Waals surface area contributed by atoms with Gasteiger partial charge in [0.1, 0.15) is 11.3 Å². The number of hydrogen-bond acceptors (Lipinski definition) is 5. The summed E-state index contributed by atoms with van der Waals surface area (Å²) >= 11 is 0. The predicted octanol–water partition coefficient (Wildman–Crippen LogP) is 3.72. The normalized spacial score (nSPS) is 12.1. The van der Waals surface area contributed by atoms with Gasteiger partial charge >= 0.3 is 5.97 Å². The molecule has 0 saturated carbocycles. The number of carbonyl (C=O) groups is 1. The van der Waals surface area contributed by atoms with Crippen LogP contribution >= 0.6 is 0 Å². The summed E-state index contributed by atoms with van der Waals surface area (Å²) in [4.78, 5) is 29.7. The minimum Gasteiger partial charge on any atom is -0.506 e. The van der Waals surface area contributed by atoms with Crippen LogP contribution in [0.15, 0.2) is 76.0 Å². The van der Waals surface area contributed by atoms with Gasteiger partial charge in [0.15, 0.2) is 5.69 Å². The first-order chi connectivity index (χ1) is 14.5. The molecule has 3 rings (SSSR count). The Bertz CT molecular complexity index is 1160. The summed E-state index contributed by atoms with van der Waals surface area (Å²) in [5, 5.41) is 10.6. The fourth-order valence-corrected chi connectivity index (χ4v) is 3.00. The quantitative estimate of drug-likeness (QED) is 0.293. The minimum atomic E-state index is -0.723. The highest BCUT2D eigenvalue weighted by molar-refractivity contribution is 6.15. The van der Waals surface area contributed by atoms with Crippen molar-refractivity contribution in [1.29, 1.82) is 0 Å². The van der Waals surface area contributed by atoms with E-state index in [9.17, 15) is 14.7 Å². The second-order valence-corrected chi connectivity index (χ2v) is 6.52. The van der Waals surface area contributed by atoms with Crippen molar-refractivity contribution in [2.75, 3.05) is 6.61 Å². The predicted molar refractivity (Wildman–Crippen MR) is 117 cm³/mol. The first-order valence-electron chi connectivity index (χ1n) is 9.49. The van der Waals surface area contributed by atoms with Gasteiger partial charge in [0.05, 0.1) is 18.0 Å². The Kier molecular flexibility index (Phi) is 6.32. The summed E-state index contributed by atoms with van der Waals surface area (Å²) in [7, 11) is 1.76. The number of aliphatic hydroxyl groups excluding tert-OH is 1. The monoisotopic (exact) mass is 405 g/mol. The van der Waals surface area contributed by atoms with Crippen molar-refractivity contribution in [1.82, 2.24) is 9.36 Å². The van der Waals surface area contributed by atoms with Crippen molar-refractivity contribution in [3.63, 3.8) is 0 Å². The average Bonchev–Trinajstić information content (AvgIpc) is 2.98. The number of aliphatic imine (C=N–C) groups is 1. The third kappa shape index (κ3) is 4.10. The Labute approximate surface area is 174 Å². The zero-order valence-corrected chi connectivity index (χ0v) is 17.1. The Balaban J connectivity index is 2.10. The van der Waals surface area contributed by atoms with E-state index in [2.05, 4.69) is 4.99 Å². The molecule has 30 heavy (non-hydrogen) atoms. The fourth-order valence-electron chi connectivity index (χ4n) is 3.00. The van der Waals surface area contributed by atoms with Gasteiger partial charge < -0.3 is 9.84 Å². The molecule has 1 N–H and O–H groups in total. The summed E-state index contributed by atoms with van der Waals surface area (Å²) in [5.74, 6) is -0.991.